The topological polar surface area (TPSA) is 104 Å². The van der Waals surface area contributed by atoms with Gasteiger partial charge in [-0.1, -0.05) is 23.2 Å². The number of nitrogens with one attached hydrogen (secondary N) is 2. The van der Waals surface area contributed by atoms with Crippen LogP contribution < -0.4 is 10.9 Å². The second-order valence-electron chi connectivity index (χ2n) is 8.43. The fraction of sp³-hybridized carbons (Fsp3) is 0.455. The number of aryl methyl sites for hydroxylation is 1. The molecule has 2 fully saturated rings. The van der Waals surface area contributed by atoms with Crippen molar-refractivity contribution in [2.75, 3.05) is 26.3 Å². The first-order chi connectivity index (χ1) is 14.9. The van der Waals surface area contributed by atoms with Gasteiger partial charge in [-0.2, -0.15) is 5.10 Å². The summed E-state index contributed by atoms with van der Waals surface area (Å²) < 4.78 is 5.54. The number of carbonyl (C=O) groups is 2. The van der Waals surface area contributed by atoms with E-state index in [1.165, 1.54) is 12.3 Å². The monoisotopic (exact) mass is 444 g/mol. The van der Waals surface area contributed by atoms with Gasteiger partial charge in [0.25, 0.3) is 17.4 Å². The molecule has 0 aliphatic carbocycles. The predicted octanol–water partition coefficient (Wildman–Crippen LogP) is 2.17. The summed E-state index contributed by atoms with van der Waals surface area (Å²) in [6.07, 6.45) is 3.84. The van der Waals surface area contributed by atoms with Gasteiger partial charge in [0, 0.05) is 38.4 Å². The van der Waals surface area contributed by atoms with Gasteiger partial charge in [-0.3, -0.25) is 14.4 Å². The third-order valence-corrected chi connectivity index (χ3v) is 6.54. The Labute approximate surface area is 184 Å². The van der Waals surface area contributed by atoms with Gasteiger partial charge in [0.05, 0.1) is 22.3 Å². The Morgan fingerprint density at radius 3 is 2.84 bits per heavy atom. The molecule has 1 unspecified atom stereocenters. The number of likely N-dealkylation sites (tertiary alicyclic amines) is 1. The van der Waals surface area contributed by atoms with Crippen molar-refractivity contribution in [1.82, 2.24) is 20.4 Å². The number of hydrogen-bond acceptors (Lipinski definition) is 5. The molecular weight excluding hydrogens is 420 g/mol. The largest absolute Gasteiger partial charge is 0.381 e. The standard InChI is InChI=1S/C22H25ClN4O4/c1-14-2-3-18(23)17(8-14)21(30)27-13-22(4-6-31-7-5-22)10-16(27)12-24-20(29)15-9-19(28)26-25-11-15/h2-3,8-9,11,16H,4-7,10,12-13H2,1H3,(H,24,29)(H,26,28). The zero-order valence-electron chi connectivity index (χ0n) is 17.3. The number of aromatic nitrogens is 2. The summed E-state index contributed by atoms with van der Waals surface area (Å²) in [5, 5.41) is 9.19. The van der Waals surface area contributed by atoms with Crippen molar-refractivity contribution in [3.63, 3.8) is 0 Å². The molecule has 2 aliphatic rings. The molecule has 9 heteroatoms. The average molecular weight is 445 g/mol. The van der Waals surface area contributed by atoms with Crippen LogP contribution in [-0.4, -0.2) is 59.3 Å². The van der Waals surface area contributed by atoms with Crippen molar-refractivity contribution >= 4 is 23.4 Å². The van der Waals surface area contributed by atoms with Crippen LogP contribution >= 0.6 is 11.6 Å². The molecule has 0 saturated carbocycles. The molecular formula is C22H25ClN4O4. The van der Waals surface area contributed by atoms with Crippen LogP contribution in [0.15, 0.2) is 35.3 Å². The molecule has 1 aromatic carbocycles. The van der Waals surface area contributed by atoms with Crippen LogP contribution in [0, 0.1) is 12.3 Å². The van der Waals surface area contributed by atoms with Gasteiger partial charge in [-0.05, 0) is 43.7 Å². The summed E-state index contributed by atoms with van der Waals surface area (Å²) in [5.74, 6) is -0.526. The fourth-order valence-corrected chi connectivity index (χ4v) is 4.72. The van der Waals surface area contributed by atoms with Crippen LogP contribution in [-0.2, 0) is 4.74 Å². The van der Waals surface area contributed by atoms with Crippen LogP contribution in [0.1, 0.15) is 45.5 Å². The maximum Gasteiger partial charge on any atom is 0.264 e. The first-order valence-electron chi connectivity index (χ1n) is 10.3. The van der Waals surface area contributed by atoms with Crippen LogP contribution in [0.5, 0.6) is 0 Å². The van der Waals surface area contributed by atoms with Crippen molar-refractivity contribution in [2.45, 2.75) is 32.2 Å². The number of carbonyl (C=O) groups excluding carboxylic acids is 2. The van der Waals surface area contributed by atoms with Gasteiger partial charge in [0.1, 0.15) is 0 Å². The Morgan fingerprint density at radius 1 is 1.32 bits per heavy atom. The predicted molar refractivity (Wildman–Crippen MR) is 115 cm³/mol. The lowest BCUT2D eigenvalue weighted by Crippen LogP contribution is -2.43. The molecule has 4 rings (SSSR count). The first-order valence-corrected chi connectivity index (χ1v) is 10.7. The molecule has 164 valence electrons. The van der Waals surface area contributed by atoms with Crippen molar-refractivity contribution in [3.8, 4) is 0 Å². The smallest absolute Gasteiger partial charge is 0.264 e. The van der Waals surface area contributed by atoms with Crippen molar-refractivity contribution in [3.05, 3.63) is 62.5 Å². The molecule has 2 N–H and O–H groups in total. The van der Waals surface area contributed by atoms with E-state index in [-0.39, 0.29) is 29.5 Å². The van der Waals surface area contributed by atoms with Crippen LogP contribution in [0.25, 0.3) is 0 Å². The lowest BCUT2D eigenvalue weighted by atomic mass is 9.78. The zero-order chi connectivity index (χ0) is 22.0. The highest BCUT2D eigenvalue weighted by Crippen LogP contribution is 2.43. The molecule has 2 amide bonds. The number of benzene rings is 1. The third kappa shape index (κ3) is 4.65. The number of halogens is 1. The summed E-state index contributed by atoms with van der Waals surface area (Å²) in [5.41, 5.74) is 1.15. The number of hydrogen-bond donors (Lipinski definition) is 2. The van der Waals surface area contributed by atoms with E-state index in [1.807, 2.05) is 17.9 Å². The summed E-state index contributed by atoms with van der Waals surface area (Å²) in [6.45, 7) is 4.15. The van der Waals surface area contributed by atoms with Gasteiger partial charge in [0.2, 0.25) is 0 Å². The highest BCUT2D eigenvalue weighted by atomic mass is 35.5. The van der Waals surface area contributed by atoms with E-state index in [4.69, 9.17) is 16.3 Å². The molecule has 8 nitrogen and oxygen atoms in total. The minimum atomic E-state index is -0.444. The van der Waals surface area contributed by atoms with Gasteiger partial charge in [0.15, 0.2) is 0 Å². The number of ether oxygens (including phenoxy) is 1. The fourth-order valence-electron chi connectivity index (χ4n) is 4.52. The highest BCUT2D eigenvalue weighted by molar-refractivity contribution is 6.33. The highest BCUT2D eigenvalue weighted by Gasteiger charge is 2.46. The molecule has 0 radical (unpaired) electrons. The summed E-state index contributed by atoms with van der Waals surface area (Å²) in [6, 6.07) is 6.43. The molecule has 2 aliphatic heterocycles. The van der Waals surface area contributed by atoms with Gasteiger partial charge in [-0.15, -0.1) is 0 Å². The van der Waals surface area contributed by atoms with Gasteiger partial charge in [-0.25, -0.2) is 5.10 Å². The van der Waals surface area contributed by atoms with Gasteiger partial charge < -0.3 is 15.0 Å². The number of H-pyrrole nitrogens is 1. The van der Waals surface area contributed by atoms with E-state index in [1.54, 1.807) is 12.1 Å². The summed E-state index contributed by atoms with van der Waals surface area (Å²) >= 11 is 6.34. The molecule has 2 saturated heterocycles. The molecule has 2 aromatic rings. The zero-order valence-corrected chi connectivity index (χ0v) is 18.1. The molecule has 0 bridgehead atoms. The Hall–Kier alpha value is -2.71. The minimum absolute atomic E-state index is 0.0228. The second kappa shape index (κ2) is 8.80. The van der Waals surface area contributed by atoms with E-state index in [0.717, 1.165) is 24.8 Å². The van der Waals surface area contributed by atoms with Crippen LogP contribution in [0.3, 0.4) is 0 Å². The molecule has 1 aromatic heterocycles. The molecule has 31 heavy (non-hydrogen) atoms. The lowest BCUT2D eigenvalue weighted by Gasteiger charge is -2.33. The number of nitrogens with zero attached hydrogens (tertiary/aromatic N) is 2. The third-order valence-electron chi connectivity index (χ3n) is 6.21. The minimum Gasteiger partial charge on any atom is -0.381 e. The van der Waals surface area contributed by atoms with Crippen molar-refractivity contribution in [1.29, 1.82) is 0 Å². The maximum atomic E-state index is 13.5. The van der Waals surface area contributed by atoms with Crippen LogP contribution in [0.2, 0.25) is 5.02 Å². The average Bonchev–Trinajstić information content (AvgIpc) is 3.11. The van der Waals surface area contributed by atoms with Gasteiger partial charge >= 0.3 is 0 Å². The maximum absolute atomic E-state index is 13.5. The van der Waals surface area contributed by atoms with Crippen LogP contribution in [0.4, 0.5) is 0 Å². The molecule has 1 atom stereocenters. The Kier molecular flexibility index (Phi) is 6.11. The quantitative estimate of drug-likeness (QED) is 0.752. The van der Waals surface area contributed by atoms with E-state index in [0.29, 0.717) is 30.3 Å². The molecule has 1 spiro atoms. The molecule has 3 heterocycles. The first kappa shape index (κ1) is 21.5. The normalized spacial score (nSPS) is 20.1. The number of amides is 2. The Balaban J connectivity index is 1.55. The van der Waals surface area contributed by atoms with E-state index in [2.05, 4.69) is 15.5 Å². The van der Waals surface area contributed by atoms with E-state index >= 15 is 0 Å². The summed E-state index contributed by atoms with van der Waals surface area (Å²) in [4.78, 5) is 39.3. The van der Waals surface area contributed by atoms with Crippen molar-refractivity contribution < 1.29 is 14.3 Å². The summed E-state index contributed by atoms with van der Waals surface area (Å²) in [7, 11) is 0. The SMILES string of the molecule is Cc1ccc(Cl)c(C(=O)N2CC3(CCOCC3)CC2CNC(=O)c2cn[nH]c(=O)c2)c1. The lowest BCUT2D eigenvalue weighted by molar-refractivity contribution is 0.0190. The van der Waals surface area contributed by atoms with E-state index in [9.17, 15) is 14.4 Å². The van der Waals surface area contributed by atoms with Crippen molar-refractivity contribution in [2.24, 2.45) is 5.41 Å². The second-order valence-corrected chi connectivity index (χ2v) is 8.84. The Bertz CT molecular complexity index is 1050. The number of rotatable bonds is 4. The van der Waals surface area contributed by atoms with E-state index < -0.39 is 11.5 Å². The number of aromatic amines is 1. The Morgan fingerprint density at radius 2 is 2.10 bits per heavy atom.